The number of rotatable bonds is 6. The van der Waals surface area contributed by atoms with Gasteiger partial charge in [-0.15, -0.1) is 0 Å². The molecule has 0 aromatic rings. The summed E-state index contributed by atoms with van der Waals surface area (Å²) in [5.41, 5.74) is 0.247. The van der Waals surface area contributed by atoms with Crippen molar-refractivity contribution in [3.05, 3.63) is 0 Å². The van der Waals surface area contributed by atoms with E-state index >= 15 is 0 Å². The van der Waals surface area contributed by atoms with Gasteiger partial charge in [-0.2, -0.15) is 0 Å². The van der Waals surface area contributed by atoms with Crippen LogP contribution in [0.2, 0.25) is 0 Å². The molecule has 2 aliphatic heterocycles. The highest BCUT2D eigenvalue weighted by Gasteiger charge is 2.44. The third-order valence-corrected chi connectivity index (χ3v) is 5.45. The molecule has 1 spiro atoms. The smallest absolute Gasteiger partial charge is 0.0697 e. The van der Waals surface area contributed by atoms with Gasteiger partial charge < -0.3 is 14.8 Å². The lowest BCUT2D eigenvalue weighted by molar-refractivity contribution is -0.149. The fraction of sp³-hybridized carbons (Fsp3) is 1.00. The van der Waals surface area contributed by atoms with Crippen molar-refractivity contribution in [2.45, 2.75) is 62.6 Å². The number of hydrogen-bond acceptors (Lipinski definition) is 4. The van der Waals surface area contributed by atoms with Gasteiger partial charge in [-0.05, 0) is 51.5 Å². The van der Waals surface area contributed by atoms with Crippen LogP contribution in [-0.2, 0) is 9.47 Å². The van der Waals surface area contributed by atoms with E-state index in [9.17, 15) is 0 Å². The largest absolute Gasteiger partial charge is 0.383 e. The topological polar surface area (TPSA) is 33.7 Å². The van der Waals surface area contributed by atoms with Crippen LogP contribution in [0.25, 0.3) is 0 Å². The molecular formula is C16H30N2O2. The molecule has 3 fully saturated rings. The van der Waals surface area contributed by atoms with E-state index in [1.165, 1.54) is 58.0 Å². The summed E-state index contributed by atoms with van der Waals surface area (Å²) in [5.74, 6) is 0. The zero-order chi connectivity index (χ0) is 13.8. The lowest BCUT2D eigenvalue weighted by Crippen LogP contribution is -2.54. The van der Waals surface area contributed by atoms with Crippen LogP contribution < -0.4 is 5.32 Å². The predicted molar refractivity (Wildman–Crippen MR) is 80.0 cm³/mol. The van der Waals surface area contributed by atoms with Crippen LogP contribution in [0.5, 0.6) is 0 Å². The van der Waals surface area contributed by atoms with Gasteiger partial charge >= 0.3 is 0 Å². The van der Waals surface area contributed by atoms with Crippen molar-refractivity contribution in [1.82, 2.24) is 10.2 Å². The van der Waals surface area contributed by atoms with Crippen LogP contribution in [0.1, 0.15) is 44.9 Å². The summed E-state index contributed by atoms with van der Waals surface area (Å²) in [7, 11) is 1.81. The Bertz CT molecular complexity index is 301. The van der Waals surface area contributed by atoms with E-state index < -0.39 is 0 Å². The molecular weight excluding hydrogens is 252 g/mol. The van der Waals surface area contributed by atoms with Crippen LogP contribution in [-0.4, -0.2) is 62.5 Å². The Labute approximate surface area is 123 Å². The second kappa shape index (κ2) is 6.73. The van der Waals surface area contributed by atoms with Crippen molar-refractivity contribution in [3.63, 3.8) is 0 Å². The van der Waals surface area contributed by atoms with Crippen LogP contribution in [0.4, 0.5) is 0 Å². The molecule has 2 heterocycles. The summed E-state index contributed by atoms with van der Waals surface area (Å²) >= 11 is 0. The zero-order valence-electron chi connectivity index (χ0n) is 12.9. The maximum absolute atomic E-state index is 6.08. The molecule has 2 atom stereocenters. The molecule has 2 saturated heterocycles. The fourth-order valence-corrected chi connectivity index (χ4v) is 4.06. The molecule has 3 rings (SSSR count). The number of hydrogen-bond donors (Lipinski definition) is 1. The lowest BCUT2D eigenvalue weighted by Gasteiger charge is -2.50. The van der Waals surface area contributed by atoms with Crippen LogP contribution in [0.15, 0.2) is 0 Å². The summed E-state index contributed by atoms with van der Waals surface area (Å²) in [6.45, 7) is 5.24. The Morgan fingerprint density at radius 2 is 2.20 bits per heavy atom. The maximum Gasteiger partial charge on any atom is 0.0697 e. The summed E-state index contributed by atoms with van der Waals surface area (Å²) in [6.07, 6.45) is 9.02. The van der Waals surface area contributed by atoms with E-state index in [1.54, 1.807) is 0 Å². The average molecular weight is 282 g/mol. The predicted octanol–water partition coefficient (Wildman–Crippen LogP) is 1.79. The normalized spacial score (nSPS) is 32.7. The highest BCUT2D eigenvalue weighted by molar-refractivity contribution is 4.97. The molecule has 4 heteroatoms. The van der Waals surface area contributed by atoms with E-state index in [2.05, 4.69) is 10.2 Å². The first-order chi connectivity index (χ1) is 9.81. The molecule has 1 saturated carbocycles. The number of nitrogens with zero attached hydrogens (tertiary/aromatic N) is 1. The van der Waals surface area contributed by atoms with Crippen LogP contribution >= 0.6 is 0 Å². The molecule has 0 radical (unpaired) electrons. The maximum atomic E-state index is 6.08. The second-order valence-electron chi connectivity index (χ2n) is 6.81. The molecule has 3 aliphatic rings. The molecule has 0 aromatic carbocycles. The van der Waals surface area contributed by atoms with Gasteiger partial charge in [-0.25, -0.2) is 0 Å². The fourth-order valence-electron chi connectivity index (χ4n) is 4.06. The molecule has 4 nitrogen and oxygen atoms in total. The highest BCUT2D eigenvalue weighted by Crippen LogP contribution is 2.43. The van der Waals surface area contributed by atoms with Crippen molar-refractivity contribution in [2.24, 2.45) is 0 Å². The van der Waals surface area contributed by atoms with Gasteiger partial charge in [0.2, 0.25) is 0 Å². The summed E-state index contributed by atoms with van der Waals surface area (Å²) in [4.78, 5) is 2.68. The van der Waals surface area contributed by atoms with E-state index in [0.29, 0.717) is 12.1 Å². The van der Waals surface area contributed by atoms with Crippen molar-refractivity contribution in [3.8, 4) is 0 Å². The minimum absolute atomic E-state index is 0.247. The molecule has 0 amide bonds. The second-order valence-corrected chi connectivity index (χ2v) is 6.81. The van der Waals surface area contributed by atoms with Crippen molar-refractivity contribution in [2.75, 3.05) is 40.0 Å². The van der Waals surface area contributed by atoms with E-state index in [1.807, 2.05) is 7.11 Å². The Hall–Kier alpha value is -0.160. The lowest BCUT2D eigenvalue weighted by atomic mass is 9.73. The first-order valence-corrected chi connectivity index (χ1v) is 8.42. The van der Waals surface area contributed by atoms with Gasteiger partial charge in [-0.1, -0.05) is 0 Å². The van der Waals surface area contributed by atoms with E-state index in [-0.39, 0.29) is 5.60 Å². The van der Waals surface area contributed by atoms with Crippen molar-refractivity contribution >= 4 is 0 Å². The number of methoxy groups -OCH3 is 1. The van der Waals surface area contributed by atoms with Gasteiger partial charge in [0.25, 0.3) is 0 Å². The molecule has 1 N–H and O–H groups in total. The zero-order valence-corrected chi connectivity index (χ0v) is 12.9. The SMILES string of the molecule is COCCN(CC1CCCN1)C1CCOC2(CCC2)C1. The van der Waals surface area contributed by atoms with Crippen molar-refractivity contribution in [1.29, 1.82) is 0 Å². The highest BCUT2D eigenvalue weighted by atomic mass is 16.5. The Morgan fingerprint density at radius 3 is 2.85 bits per heavy atom. The van der Waals surface area contributed by atoms with Gasteiger partial charge in [0, 0.05) is 38.9 Å². The van der Waals surface area contributed by atoms with Gasteiger partial charge in [0.1, 0.15) is 0 Å². The third-order valence-electron chi connectivity index (χ3n) is 5.45. The first kappa shape index (κ1) is 14.8. The number of nitrogens with one attached hydrogen (secondary N) is 1. The Morgan fingerprint density at radius 1 is 1.30 bits per heavy atom. The van der Waals surface area contributed by atoms with E-state index in [4.69, 9.17) is 9.47 Å². The minimum atomic E-state index is 0.247. The quantitative estimate of drug-likeness (QED) is 0.805. The summed E-state index contributed by atoms with van der Waals surface area (Å²) in [5, 5.41) is 3.64. The van der Waals surface area contributed by atoms with Crippen LogP contribution in [0.3, 0.4) is 0 Å². The molecule has 1 aliphatic carbocycles. The Balaban J connectivity index is 1.57. The average Bonchev–Trinajstić information content (AvgIpc) is 2.95. The van der Waals surface area contributed by atoms with Gasteiger partial charge in [0.05, 0.1) is 12.2 Å². The third kappa shape index (κ3) is 3.35. The minimum Gasteiger partial charge on any atom is -0.383 e. The molecule has 2 unspecified atom stereocenters. The van der Waals surface area contributed by atoms with Gasteiger partial charge in [0.15, 0.2) is 0 Å². The standard InChI is InChI=1S/C16H30N2O2/c1-19-11-9-18(13-14-4-2-8-17-14)15-5-10-20-16(12-15)6-3-7-16/h14-15,17H,2-13H2,1H3. The molecule has 0 aromatic heterocycles. The number of ether oxygens (including phenoxy) is 2. The molecule has 20 heavy (non-hydrogen) atoms. The summed E-state index contributed by atoms with van der Waals surface area (Å²) < 4.78 is 11.4. The van der Waals surface area contributed by atoms with Gasteiger partial charge in [-0.3, -0.25) is 4.90 Å². The molecule has 0 bridgehead atoms. The van der Waals surface area contributed by atoms with Crippen LogP contribution in [0, 0.1) is 0 Å². The monoisotopic (exact) mass is 282 g/mol. The first-order valence-electron chi connectivity index (χ1n) is 8.42. The van der Waals surface area contributed by atoms with Crippen molar-refractivity contribution < 1.29 is 9.47 Å². The van der Waals surface area contributed by atoms with E-state index in [0.717, 1.165) is 19.8 Å². The summed E-state index contributed by atoms with van der Waals surface area (Å²) in [6, 6.07) is 1.38. The Kier molecular flexibility index (Phi) is 4.97. The molecule has 116 valence electrons.